The van der Waals surface area contributed by atoms with Crippen LogP contribution in [-0.4, -0.2) is 40.6 Å². The summed E-state index contributed by atoms with van der Waals surface area (Å²) in [6.07, 6.45) is 1.46. The van der Waals surface area contributed by atoms with Crippen LogP contribution < -0.4 is 10.9 Å². The second-order valence-electron chi connectivity index (χ2n) is 3.35. The third-order valence-electron chi connectivity index (χ3n) is 2.34. The molecule has 0 atom stereocenters. The fourth-order valence-corrected chi connectivity index (χ4v) is 1.70. The number of aromatic amines is 1. The first-order valence-electron chi connectivity index (χ1n) is 5.35. The zero-order valence-corrected chi connectivity index (χ0v) is 11.4. The third-order valence-corrected chi connectivity index (χ3v) is 3.13. The lowest BCUT2D eigenvalue weighted by Gasteiger charge is -2.19. The highest BCUT2D eigenvalue weighted by atomic mass is 79.9. The molecule has 17 heavy (non-hydrogen) atoms. The number of carbonyl (C=O) groups is 1. The standard InChI is InChI=1S/C10H15BrN4O2/c1-3-15(4-2)8(16)6-12-7-5-13-14-10(17)9(7)11/h5H,3-4,6H2,1-2H3,(H2,12,14,17). The summed E-state index contributed by atoms with van der Waals surface area (Å²) >= 11 is 3.13. The van der Waals surface area contributed by atoms with E-state index in [1.54, 1.807) is 4.90 Å². The smallest absolute Gasteiger partial charge is 0.280 e. The number of carbonyl (C=O) groups excluding carboxylic acids is 1. The normalized spacial score (nSPS) is 10.1. The predicted molar refractivity (Wildman–Crippen MR) is 69.0 cm³/mol. The molecule has 1 rings (SSSR count). The summed E-state index contributed by atoms with van der Waals surface area (Å²) in [6.45, 7) is 5.33. The van der Waals surface area contributed by atoms with Gasteiger partial charge in [-0.2, -0.15) is 5.10 Å². The van der Waals surface area contributed by atoms with Crippen molar-refractivity contribution in [2.24, 2.45) is 0 Å². The number of nitrogens with zero attached hydrogens (tertiary/aromatic N) is 2. The van der Waals surface area contributed by atoms with Gasteiger partial charge in [-0.15, -0.1) is 0 Å². The summed E-state index contributed by atoms with van der Waals surface area (Å²) in [7, 11) is 0. The third kappa shape index (κ3) is 3.55. The Hall–Kier alpha value is -1.37. The number of H-pyrrole nitrogens is 1. The van der Waals surface area contributed by atoms with Gasteiger partial charge in [0.1, 0.15) is 4.47 Å². The largest absolute Gasteiger partial charge is 0.374 e. The average Bonchev–Trinajstić information content (AvgIpc) is 2.32. The van der Waals surface area contributed by atoms with Crippen molar-refractivity contribution in [3.63, 3.8) is 0 Å². The van der Waals surface area contributed by atoms with Gasteiger partial charge >= 0.3 is 0 Å². The number of nitrogens with one attached hydrogen (secondary N) is 2. The van der Waals surface area contributed by atoms with Crippen LogP contribution in [-0.2, 0) is 4.79 Å². The molecule has 1 amide bonds. The maximum Gasteiger partial charge on any atom is 0.280 e. The highest BCUT2D eigenvalue weighted by Gasteiger charge is 2.10. The van der Waals surface area contributed by atoms with Gasteiger partial charge < -0.3 is 10.2 Å². The lowest BCUT2D eigenvalue weighted by molar-refractivity contribution is -0.128. The summed E-state index contributed by atoms with van der Waals surface area (Å²) in [5.74, 6) is -0.0119. The van der Waals surface area contributed by atoms with Gasteiger partial charge in [0.2, 0.25) is 5.91 Å². The Morgan fingerprint density at radius 2 is 2.18 bits per heavy atom. The van der Waals surface area contributed by atoms with Crippen LogP contribution in [0.2, 0.25) is 0 Å². The van der Waals surface area contributed by atoms with Crippen LogP contribution in [0, 0.1) is 0 Å². The minimum atomic E-state index is -0.328. The minimum absolute atomic E-state index is 0.0119. The molecule has 7 heteroatoms. The van der Waals surface area contributed by atoms with Gasteiger partial charge in [-0.3, -0.25) is 9.59 Å². The number of amides is 1. The van der Waals surface area contributed by atoms with Crippen LogP contribution in [0.5, 0.6) is 0 Å². The van der Waals surface area contributed by atoms with Crippen LogP contribution >= 0.6 is 15.9 Å². The van der Waals surface area contributed by atoms with E-state index in [0.717, 1.165) is 0 Å². The molecule has 0 aliphatic carbocycles. The molecule has 0 aromatic carbocycles. The Morgan fingerprint density at radius 1 is 1.53 bits per heavy atom. The quantitative estimate of drug-likeness (QED) is 0.844. The number of halogens is 1. The molecule has 2 N–H and O–H groups in total. The molecule has 0 radical (unpaired) electrons. The summed E-state index contributed by atoms with van der Waals surface area (Å²) in [4.78, 5) is 24.7. The summed E-state index contributed by atoms with van der Waals surface area (Å²) < 4.78 is 0.347. The van der Waals surface area contributed by atoms with Crippen molar-refractivity contribution in [2.75, 3.05) is 25.0 Å². The zero-order valence-electron chi connectivity index (χ0n) is 9.79. The Bertz CT molecular complexity index is 442. The Morgan fingerprint density at radius 3 is 2.76 bits per heavy atom. The molecular formula is C10H15BrN4O2. The molecule has 0 aliphatic heterocycles. The van der Waals surface area contributed by atoms with E-state index in [1.807, 2.05) is 13.8 Å². The first-order valence-corrected chi connectivity index (χ1v) is 6.14. The molecule has 0 unspecified atom stereocenters. The number of hydrogen-bond acceptors (Lipinski definition) is 4. The average molecular weight is 303 g/mol. The first kappa shape index (κ1) is 13.7. The SMILES string of the molecule is CCN(CC)C(=O)CNc1cn[nH]c(=O)c1Br. The Balaban J connectivity index is 2.65. The molecule has 0 spiro atoms. The van der Waals surface area contributed by atoms with E-state index < -0.39 is 0 Å². The van der Waals surface area contributed by atoms with Crippen molar-refractivity contribution in [1.82, 2.24) is 15.1 Å². The van der Waals surface area contributed by atoms with Gasteiger partial charge in [0, 0.05) is 13.1 Å². The van der Waals surface area contributed by atoms with Crippen LogP contribution in [0.1, 0.15) is 13.8 Å². The lowest BCUT2D eigenvalue weighted by atomic mass is 10.4. The predicted octanol–water partition coefficient (Wildman–Crippen LogP) is 0.813. The number of hydrogen-bond donors (Lipinski definition) is 2. The van der Waals surface area contributed by atoms with E-state index in [-0.39, 0.29) is 18.0 Å². The first-order chi connectivity index (χ1) is 8.10. The lowest BCUT2D eigenvalue weighted by Crippen LogP contribution is -2.35. The molecule has 0 saturated heterocycles. The van der Waals surface area contributed by atoms with E-state index in [2.05, 4.69) is 31.4 Å². The fourth-order valence-electron chi connectivity index (χ4n) is 1.37. The van der Waals surface area contributed by atoms with E-state index in [4.69, 9.17) is 0 Å². The molecule has 94 valence electrons. The second-order valence-corrected chi connectivity index (χ2v) is 4.14. The van der Waals surface area contributed by atoms with Crippen LogP contribution in [0.15, 0.2) is 15.5 Å². The summed E-state index contributed by atoms with van der Waals surface area (Å²) in [5.41, 5.74) is 0.180. The topological polar surface area (TPSA) is 78.1 Å². The molecule has 1 aromatic rings. The van der Waals surface area contributed by atoms with Crippen molar-refractivity contribution in [2.45, 2.75) is 13.8 Å². The maximum atomic E-state index is 11.7. The van der Waals surface area contributed by atoms with Crippen molar-refractivity contribution < 1.29 is 4.79 Å². The highest BCUT2D eigenvalue weighted by molar-refractivity contribution is 9.10. The number of rotatable bonds is 5. The second kappa shape index (κ2) is 6.39. The molecule has 1 heterocycles. The molecular weight excluding hydrogens is 288 g/mol. The molecule has 1 aromatic heterocycles. The zero-order chi connectivity index (χ0) is 12.8. The van der Waals surface area contributed by atoms with Gasteiger partial charge in [-0.1, -0.05) is 0 Å². The Labute approximate surface area is 108 Å². The van der Waals surface area contributed by atoms with Crippen LogP contribution in [0.25, 0.3) is 0 Å². The fraction of sp³-hybridized carbons (Fsp3) is 0.500. The molecule has 0 saturated carbocycles. The van der Waals surface area contributed by atoms with Gasteiger partial charge in [-0.05, 0) is 29.8 Å². The number of anilines is 1. The van der Waals surface area contributed by atoms with Crippen molar-refractivity contribution in [3.05, 3.63) is 21.0 Å². The van der Waals surface area contributed by atoms with Gasteiger partial charge in [0.25, 0.3) is 5.56 Å². The molecule has 0 aliphatic rings. The summed E-state index contributed by atoms with van der Waals surface area (Å²) in [5, 5.41) is 8.82. The van der Waals surface area contributed by atoms with Crippen molar-refractivity contribution in [1.29, 1.82) is 0 Å². The maximum absolute atomic E-state index is 11.7. The number of aromatic nitrogens is 2. The molecule has 0 fully saturated rings. The van der Waals surface area contributed by atoms with Crippen molar-refractivity contribution >= 4 is 27.5 Å². The van der Waals surface area contributed by atoms with E-state index in [9.17, 15) is 9.59 Å². The number of likely N-dealkylation sites (N-methyl/N-ethyl adjacent to an activating group) is 1. The van der Waals surface area contributed by atoms with E-state index in [0.29, 0.717) is 23.2 Å². The van der Waals surface area contributed by atoms with E-state index >= 15 is 0 Å². The van der Waals surface area contributed by atoms with Crippen molar-refractivity contribution in [3.8, 4) is 0 Å². The Kier molecular flexibility index (Phi) is 5.14. The summed E-state index contributed by atoms with van der Waals surface area (Å²) in [6, 6.07) is 0. The van der Waals surface area contributed by atoms with E-state index in [1.165, 1.54) is 6.20 Å². The van der Waals surface area contributed by atoms with Gasteiger partial charge in [-0.25, -0.2) is 5.10 Å². The monoisotopic (exact) mass is 302 g/mol. The minimum Gasteiger partial charge on any atom is -0.374 e. The molecule has 0 bridgehead atoms. The molecule has 6 nitrogen and oxygen atoms in total. The van der Waals surface area contributed by atoms with Crippen LogP contribution in [0.3, 0.4) is 0 Å². The van der Waals surface area contributed by atoms with Crippen LogP contribution in [0.4, 0.5) is 5.69 Å². The van der Waals surface area contributed by atoms with Gasteiger partial charge in [0.15, 0.2) is 0 Å². The highest BCUT2D eigenvalue weighted by Crippen LogP contribution is 2.14. The van der Waals surface area contributed by atoms with Gasteiger partial charge in [0.05, 0.1) is 18.4 Å².